The first-order chi connectivity index (χ1) is 10.2. The van der Waals surface area contributed by atoms with Crippen LogP contribution in [0.15, 0.2) is 54.6 Å². The molecule has 0 aliphatic heterocycles. The molecule has 0 spiro atoms. The normalized spacial score (nSPS) is 11.4. The molecule has 0 saturated carbocycles. The Morgan fingerprint density at radius 3 is 2.29 bits per heavy atom. The third-order valence-corrected chi connectivity index (χ3v) is 3.18. The van der Waals surface area contributed by atoms with Gasteiger partial charge in [0, 0.05) is 18.5 Å². The Balaban J connectivity index is 2.06. The van der Waals surface area contributed by atoms with Crippen molar-refractivity contribution in [2.45, 2.75) is 18.9 Å². The molecule has 3 nitrogen and oxygen atoms in total. The molecule has 2 aromatic carbocycles. The molecule has 2 N–H and O–H groups in total. The lowest BCUT2D eigenvalue weighted by molar-refractivity contribution is -0.137. The first kappa shape index (κ1) is 14.7. The number of carboxylic acids is 1. The Bertz CT molecular complexity index is 627. The minimum atomic E-state index is -0.869. The quantitative estimate of drug-likeness (QED) is 0.799. The van der Waals surface area contributed by atoms with Gasteiger partial charge in [0.15, 0.2) is 0 Å². The number of hydrogen-bond acceptors (Lipinski definition) is 2. The van der Waals surface area contributed by atoms with Crippen LogP contribution in [-0.4, -0.2) is 17.1 Å². The van der Waals surface area contributed by atoms with Gasteiger partial charge in [-0.15, -0.1) is 12.3 Å². The fourth-order valence-electron chi connectivity index (χ4n) is 2.08. The van der Waals surface area contributed by atoms with Gasteiger partial charge in [0.1, 0.15) is 6.04 Å². The molecule has 106 valence electrons. The molecule has 1 atom stereocenters. The molecule has 0 fully saturated rings. The monoisotopic (exact) mass is 279 g/mol. The fourth-order valence-corrected chi connectivity index (χ4v) is 2.08. The summed E-state index contributed by atoms with van der Waals surface area (Å²) < 4.78 is 0. The summed E-state index contributed by atoms with van der Waals surface area (Å²) in [5.74, 6) is 1.72. The van der Waals surface area contributed by atoms with Crippen LogP contribution in [0.3, 0.4) is 0 Å². The summed E-state index contributed by atoms with van der Waals surface area (Å²) in [4.78, 5) is 11.4. The van der Waals surface area contributed by atoms with E-state index in [0.29, 0.717) is 12.8 Å². The molecule has 2 aromatic rings. The van der Waals surface area contributed by atoms with Crippen molar-refractivity contribution in [1.82, 2.24) is 0 Å². The van der Waals surface area contributed by atoms with Crippen LogP contribution < -0.4 is 5.32 Å². The Morgan fingerprint density at radius 2 is 1.71 bits per heavy atom. The number of nitrogens with one attached hydrogen (secondary N) is 1. The van der Waals surface area contributed by atoms with Gasteiger partial charge in [-0.1, -0.05) is 42.5 Å². The lowest BCUT2D eigenvalue weighted by atomic mass is 10.0. The van der Waals surface area contributed by atoms with Gasteiger partial charge in [-0.05, 0) is 23.3 Å². The molecule has 2 rings (SSSR count). The molecule has 0 aliphatic carbocycles. The number of terminal acetylenes is 1. The Kier molecular flexibility index (Phi) is 5.00. The SMILES string of the molecule is C#CCc1ccc(C[C@H](Nc2ccccc2)C(=O)O)cc1. The minimum Gasteiger partial charge on any atom is -0.480 e. The zero-order chi connectivity index (χ0) is 15.1. The highest BCUT2D eigenvalue weighted by atomic mass is 16.4. The highest BCUT2D eigenvalue weighted by Gasteiger charge is 2.17. The molecule has 0 radical (unpaired) electrons. The summed E-state index contributed by atoms with van der Waals surface area (Å²) in [5, 5.41) is 12.4. The highest BCUT2D eigenvalue weighted by molar-refractivity contribution is 5.77. The molecule has 0 heterocycles. The molecule has 0 unspecified atom stereocenters. The number of anilines is 1. The van der Waals surface area contributed by atoms with Gasteiger partial charge >= 0.3 is 5.97 Å². The maximum Gasteiger partial charge on any atom is 0.326 e. The van der Waals surface area contributed by atoms with E-state index in [1.807, 2.05) is 54.6 Å². The third kappa shape index (κ3) is 4.39. The molecule has 0 aromatic heterocycles. The van der Waals surface area contributed by atoms with Crippen LogP contribution in [0.25, 0.3) is 0 Å². The van der Waals surface area contributed by atoms with E-state index in [0.717, 1.165) is 16.8 Å². The number of hydrogen-bond donors (Lipinski definition) is 2. The Morgan fingerprint density at radius 1 is 1.10 bits per heavy atom. The standard InChI is InChI=1S/C18H17NO2/c1-2-6-14-9-11-15(12-10-14)13-17(18(20)21)19-16-7-4-3-5-8-16/h1,3-5,7-12,17,19H,6,13H2,(H,20,21)/t17-/m0/s1. The molecule has 0 aliphatic rings. The molecular weight excluding hydrogens is 262 g/mol. The molecule has 0 bridgehead atoms. The van der Waals surface area contributed by atoms with Gasteiger partial charge in [-0.3, -0.25) is 0 Å². The van der Waals surface area contributed by atoms with Gasteiger partial charge in [0.05, 0.1) is 0 Å². The van der Waals surface area contributed by atoms with E-state index < -0.39 is 12.0 Å². The van der Waals surface area contributed by atoms with Crippen molar-refractivity contribution >= 4 is 11.7 Å². The Labute approximate surface area is 124 Å². The van der Waals surface area contributed by atoms with Crippen LogP contribution in [0.5, 0.6) is 0 Å². The second kappa shape index (κ2) is 7.16. The zero-order valence-electron chi connectivity index (χ0n) is 11.6. The number of aliphatic carboxylic acids is 1. The van der Waals surface area contributed by atoms with E-state index >= 15 is 0 Å². The highest BCUT2D eigenvalue weighted by Crippen LogP contribution is 2.12. The number of para-hydroxylation sites is 1. The Hall–Kier alpha value is -2.73. The van der Waals surface area contributed by atoms with Crippen molar-refractivity contribution in [3.63, 3.8) is 0 Å². The van der Waals surface area contributed by atoms with E-state index in [1.165, 1.54) is 0 Å². The molecule has 0 amide bonds. The van der Waals surface area contributed by atoms with Gasteiger partial charge < -0.3 is 10.4 Å². The van der Waals surface area contributed by atoms with Crippen LogP contribution in [0.2, 0.25) is 0 Å². The topological polar surface area (TPSA) is 49.3 Å². The van der Waals surface area contributed by atoms with Gasteiger partial charge in [-0.2, -0.15) is 0 Å². The molecular formula is C18H17NO2. The van der Waals surface area contributed by atoms with E-state index in [2.05, 4.69) is 11.2 Å². The summed E-state index contributed by atoms with van der Waals surface area (Å²) in [6, 6.07) is 16.4. The van der Waals surface area contributed by atoms with Crippen molar-refractivity contribution in [1.29, 1.82) is 0 Å². The third-order valence-electron chi connectivity index (χ3n) is 3.18. The van der Waals surface area contributed by atoms with E-state index in [4.69, 9.17) is 6.42 Å². The summed E-state index contributed by atoms with van der Waals surface area (Å²) >= 11 is 0. The lowest BCUT2D eigenvalue weighted by Gasteiger charge is -2.16. The zero-order valence-corrected chi connectivity index (χ0v) is 11.6. The van der Waals surface area contributed by atoms with Crippen LogP contribution in [-0.2, 0) is 17.6 Å². The van der Waals surface area contributed by atoms with Crippen molar-refractivity contribution in [3.05, 3.63) is 65.7 Å². The second-order valence-electron chi connectivity index (χ2n) is 4.80. The van der Waals surface area contributed by atoms with Crippen LogP contribution in [0, 0.1) is 12.3 Å². The summed E-state index contributed by atoms with van der Waals surface area (Å²) in [6.07, 6.45) is 6.27. The number of benzene rings is 2. The van der Waals surface area contributed by atoms with E-state index in [-0.39, 0.29) is 0 Å². The van der Waals surface area contributed by atoms with Crippen molar-refractivity contribution in [3.8, 4) is 12.3 Å². The van der Waals surface area contributed by atoms with Crippen LogP contribution >= 0.6 is 0 Å². The van der Waals surface area contributed by atoms with Gasteiger partial charge in [0.25, 0.3) is 0 Å². The average molecular weight is 279 g/mol. The maximum absolute atomic E-state index is 11.4. The predicted molar refractivity (Wildman–Crippen MR) is 84.2 cm³/mol. The van der Waals surface area contributed by atoms with Gasteiger partial charge in [-0.25, -0.2) is 4.79 Å². The van der Waals surface area contributed by atoms with Crippen molar-refractivity contribution < 1.29 is 9.90 Å². The average Bonchev–Trinajstić information content (AvgIpc) is 2.50. The summed E-state index contributed by atoms with van der Waals surface area (Å²) in [7, 11) is 0. The number of carbonyl (C=O) groups is 1. The smallest absolute Gasteiger partial charge is 0.326 e. The van der Waals surface area contributed by atoms with Crippen molar-refractivity contribution in [2.24, 2.45) is 0 Å². The molecule has 21 heavy (non-hydrogen) atoms. The fraction of sp³-hybridized carbons (Fsp3) is 0.167. The largest absolute Gasteiger partial charge is 0.480 e. The second-order valence-corrected chi connectivity index (χ2v) is 4.80. The van der Waals surface area contributed by atoms with Crippen LogP contribution in [0.1, 0.15) is 11.1 Å². The first-order valence-corrected chi connectivity index (χ1v) is 6.74. The maximum atomic E-state index is 11.4. The lowest BCUT2D eigenvalue weighted by Crippen LogP contribution is -2.31. The first-order valence-electron chi connectivity index (χ1n) is 6.74. The van der Waals surface area contributed by atoms with E-state index in [9.17, 15) is 9.90 Å². The molecule has 0 saturated heterocycles. The molecule has 3 heteroatoms. The van der Waals surface area contributed by atoms with Gasteiger partial charge in [0.2, 0.25) is 0 Å². The van der Waals surface area contributed by atoms with Crippen LogP contribution in [0.4, 0.5) is 5.69 Å². The van der Waals surface area contributed by atoms with E-state index in [1.54, 1.807) is 0 Å². The van der Waals surface area contributed by atoms with Crippen molar-refractivity contribution in [2.75, 3.05) is 5.32 Å². The summed E-state index contributed by atoms with van der Waals surface area (Å²) in [6.45, 7) is 0. The summed E-state index contributed by atoms with van der Waals surface area (Å²) in [5.41, 5.74) is 2.82. The number of carboxylic acid groups (broad SMARTS) is 1. The predicted octanol–water partition coefficient (Wildman–Crippen LogP) is 2.97. The number of rotatable bonds is 6. The minimum absolute atomic E-state index is 0.417.